The molecule has 0 N–H and O–H groups in total. The molecule has 0 atom stereocenters. The molecule has 2 rings (SSSR count). The smallest absolute Gasteiger partial charge is 0.159 e. The first-order valence-electron chi connectivity index (χ1n) is 4.63. The van der Waals surface area contributed by atoms with Crippen LogP contribution in [0.2, 0.25) is 5.15 Å². The molecule has 1 aromatic heterocycles. The van der Waals surface area contributed by atoms with Crippen LogP contribution in [0.4, 0.5) is 8.78 Å². The van der Waals surface area contributed by atoms with Crippen LogP contribution >= 0.6 is 11.6 Å². The second-order valence-electron chi connectivity index (χ2n) is 3.27. The zero-order valence-electron chi connectivity index (χ0n) is 8.42. The van der Waals surface area contributed by atoms with Crippen molar-refractivity contribution in [2.75, 3.05) is 0 Å². The summed E-state index contributed by atoms with van der Waals surface area (Å²) in [5.41, 5.74) is 0.941. The maximum Gasteiger partial charge on any atom is 0.159 e. The van der Waals surface area contributed by atoms with Crippen molar-refractivity contribution in [2.45, 2.75) is 0 Å². The van der Waals surface area contributed by atoms with Gasteiger partial charge in [0, 0.05) is 11.8 Å². The van der Waals surface area contributed by atoms with Gasteiger partial charge < -0.3 is 0 Å². The molecule has 5 heteroatoms. The Morgan fingerprint density at radius 2 is 1.94 bits per heavy atom. The van der Waals surface area contributed by atoms with Crippen LogP contribution in [0.15, 0.2) is 30.5 Å². The maximum atomic E-state index is 13.1. The lowest BCUT2D eigenvalue weighted by atomic mass is 10.0. The number of halogens is 3. The molecule has 0 unspecified atom stereocenters. The number of pyridine rings is 1. The van der Waals surface area contributed by atoms with E-state index in [9.17, 15) is 8.78 Å². The third-order valence-electron chi connectivity index (χ3n) is 2.25. The van der Waals surface area contributed by atoms with Gasteiger partial charge in [-0.25, -0.2) is 13.8 Å². The van der Waals surface area contributed by atoms with E-state index in [0.717, 1.165) is 12.1 Å². The molecule has 2 nitrogen and oxygen atoms in total. The van der Waals surface area contributed by atoms with Crippen LogP contribution in [-0.4, -0.2) is 4.98 Å². The summed E-state index contributed by atoms with van der Waals surface area (Å²) in [5.74, 6) is -1.91. The summed E-state index contributed by atoms with van der Waals surface area (Å²) in [4.78, 5) is 3.75. The monoisotopic (exact) mass is 250 g/mol. The Morgan fingerprint density at radius 3 is 2.59 bits per heavy atom. The lowest BCUT2D eigenvalue weighted by molar-refractivity contribution is 0.509. The van der Waals surface area contributed by atoms with Gasteiger partial charge in [-0.05, 0) is 23.8 Å². The standard InChI is InChI=1S/C12H5ClF2N2/c13-12-9(6-16)8(3-4-17-12)7-1-2-10(14)11(15)5-7/h1-5H. The molecule has 0 spiro atoms. The maximum absolute atomic E-state index is 13.1. The molecule has 17 heavy (non-hydrogen) atoms. The summed E-state index contributed by atoms with van der Waals surface area (Å²) in [6, 6.07) is 6.81. The second-order valence-corrected chi connectivity index (χ2v) is 3.62. The van der Waals surface area contributed by atoms with Crippen LogP contribution in [0, 0.1) is 23.0 Å². The zero-order chi connectivity index (χ0) is 12.4. The van der Waals surface area contributed by atoms with E-state index in [4.69, 9.17) is 16.9 Å². The van der Waals surface area contributed by atoms with Crippen molar-refractivity contribution >= 4 is 11.6 Å². The van der Waals surface area contributed by atoms with Gasteiger partial charge >= 0.3 is 0 Å². The Morgan fingerprint density at radius 1 is 1.18 bits per heavy atom. The lowest BCUT2D eigenvalue weighted by Gasteiger charge is -2.05. The first-order chi connectivity index (χ1) is 8.13. The molecule has 1 aromatic carbocycles. The van der Waals surface area contributed by atoms with E-state index in [-0.39, 0.29) is 10.7 Å². The molecule has 0 bridgehead atoms. The number of hydrogen-bond donors (Lipinski definition) is 0. The van der Waals surface area contributed by atoms with Crippen molar-refractivity contribution in [3.63, 3.8) is 0 Å². The van der Waals surface area contributed by atoms with Gasteiger partial charge in [0.25, 0.3) is 0 Å². The summed E-state index contributed by atoms with van der Waals surface area (Å²) >= 11 is 5.75. The number of hydrogen-bond acceptors (Lipinski definition) is 2. The van der Waals surface area contributed by atoms with Crippen LogP contribution in [0.3, 0.4) is 0 Å². The lowest BCUT2D eigenvalue weighted by Crippen LogP contribution is -1.90. The summed E-state index contributed by atoms with van der Waals surface area (Å²) in [5, 5.41) is 8.98. The molecule has 1 heterocycles. The van der Waals surface area contributed by atoms with Crippen LogP contribution in [0.25, 0.3) is 11.1 Å². The average molecular weight is 251 g/mol. The Hall–Kier alpha value is -1.99. The SMILES string of the molecule is N#Cc1c(-c2ccc(F)c(F)c2)ccnc1Cl. The quantitative estimate of drug-likeness (QED) is 0.726. The van der Waals surface area contributed by atoms with Crippen molar-refractivity contribution in [3.8, 4) is 17.2 Å². The average Bonchev–Trinajstić information content (AvgIpc) is 2.32. The van der Waals surface area contributed by atoms with Gasteiger partial charge in [-0.1, -0.05) is 17.7 Å². The normalized spacial score (nSPS) is 10.0. The fourth-order valence-electron chi connectivity index (χ4n) is 1.45. The first kappa shape index (κ1) is 11.5. The van der Waals surface area contributed by atoms with Crippen LogP contribution in [0.1, 0.15) is 5.56 Å². The zero-order valence-corrected chi connectivity index (χ0v) is 9.17. The summed E-state index contributed by atoms with van der Waals surface area (Å²) < 4.78 is 25.9. The van der Waals surface area contributed by atoms with E-state index in [2.05, 4.69) is 4.98 Å². The Labute approximate surface area is 101 Å². The van der Waals surface area contributed by atoms with Crippen LogP contribution < -0.4 is 0 Å². The van der Waals surface area contributed by atoms with E-state index >= 15 is 0 Å². The first-order valence-corrected chi connectivity index (χ1v) is 5.01. The molecule has 0 aliphatic heterocycles. The highest BCUT2D eigenvalue weighted by Gasteiger charge is 2.11. The molecule has 0 aliphatic carbocycles. The van der Waals surface area contributed by atoms with Crippen molar-refractivity contribution in [3.05, 3.63) is 52.8 Å². The largest absolute Gasteiger partial charge is 0.243 e. The third-order valence-corrected chi connectivity index (χ3v) is 2.53. The molecule has 0 saturated heterocycles. The Bertz CT molecular complexity index is 620. The fourth-order valence-corrected chi connectivity index (χ4v) is 1.65. The van der Waals surface area contributed by atoms with Gasteiger partial charge in [0.1, 0.15) is 11.2 Å². The van der Waals surface area contributed by atoms with Crippen molar-refractivity contribution in [1.82, 2.24) is 4.98 Å². The van der Waals surface area contributed by atoms with Gasteiger partial charge in [0.15, 0.2) is 11.6 Å². The highest BCUT2D eigenvalue weighted by atomic mass is 35.5. The predicted octanol–water partition coefficient (Wildman–Crippen LogP) is 3.55. The summed E-state index contributed by atoms with van der Waals surface area (Å²) in [6.07, 6.45) is 1.40. The van der Waals surface area contributed by atoms with Gasteiger partial charge in [0.05, 0.1) is 5.56 Å². The highest BCUT2D eigenvalue weighted by Crippen LogP contribution is 2.27. The molecular weight excluding hydrogens is 246 g/mol. The molecular formula is C12H5ClF2N2. The molecule has 0 fully saturated rings. The van der Waals surface area contributed by atoms with Gasteiger partial charge in [-0.3, -0.25) is 0 Å². The highest BCUT2D eigenvalue weighted by molar-refractivity contribution is 6.30. The van der Waals surface area contributed by atoms with Crippen LogP contribution in [0.5, 0.6) is 0 Å². The number of aromatic nitrogens is 1. The van der Waals surface area contributed by atoms with E-state index in [0.29, 0.717) is 11.1 Å². The Balaban J connectivity index is 2.65. The topological polar surface area (TPSA) is 36.7 Å². The summed E-state index contributed by atoms with van der Waals surface area (Å²) in [6.45, 7) is 0. The predicted molar refractivity (Wildman–Crippen MR) is 59.3 cm³/mol. The second kappa shape index (κ2) is 4.48. The van der Waals surface area contributed by atoms with E-state index in [1.807, 2.05) is 6.07 Å². The minimum absolute atomic E-state index is 0.0368. The third kappa shape index (κ3) is 2.10. The van der Waals surface area contributed by atoms with Gasteiger partial charge in [0.2, 0.25) is 0 Å². The number of nitriles is 1. The number of benzene rings is 1. The van der Waals surface area contributed by atoms with E-state index in [1.54, 1.807) is 0 Å². The minimum atomic E-state index is -0.973. The molecule has 0 amide bonds. The van der Waals surface area contributed by atoms with Crippen molar-refractivity contribution in [2.24, 2.45) is 0 Å². The van der Waals surface area contributed by atoms with Crippen molar-refractivity contribution < 1.29 is 8.78 Å². The molecule has 0 saturated carbocycles. The molecule has 0 aliphatic rings. The minimum Gasteiger partial charge on any atom is -0.243 e. The van der Waals surface area contributed by atoms with E-state index in [1.165, 1.54) is 18.3 Å². The molecule has 2 aromatic rings. The fraction of sp³-hybridized carbons (Fsp3) is 0. The Kier molecular flexibility index (Phi) is 3.03. The van der Waals surface area contributed by atoms with E-state index < -0.39 is 11.6 Å². The number of nitrogens with zero attached hydrogens (tertiary/aromatic N) is 2. The van der Waals surface area contributed by atoms with Crippen LogP contribution in [-0.2, 0) is 0 Å². The van der Waals surface area contributed by atoms with Crippen molar-refractivity contribution in [1.29, 1.82) is 5.26 Å². The summed E-state index contributed by atoms with van der Waals surface area (Å²) in [7, 11) is 0. The number of rotatable bonds is 1. The van der Waals surface area contributed by atoms with Gasteiger partial charge in [-0.2, -0.15) is 5.26 Å². The molecule has 0 radical (unpaired) electrons. The molecule has 84 valence electrons. The van der Waals surface area contributed by atoms with Gasteiger partial charge in [-0.15, -0.1) is 0 Å².